The predicted molar refractivity (Wildman–Crippen MR) is 65.2 cm³/mol. The second-order valence-electron chi connectivity index (χ2n) is 3.81. The summed E-state index contributed by atoms with van der Waals surface area (Å²) >= 11 is 0. The molecule has 1 aromatic carbocycles. The summed E-state index contributed by atoms with van der Waals surface area (Å²) in [6.07, 6.45) is 0.862. The van der Waals surface area contributed by atoms with Gasteiger partial charge < -0.3 is 15.0 Å². The SMILES string of the molecule is CCOCCCn1c(N)nc2cc(F)ccc21. The highest BCUT2D eigenvalue weighted by molar-refractivity contribution is 5.78. The first-order chi connectivity index (χ1) is 8.22. The van der Waals surface area contributed by atoms with E-state index in [0.29, 0.717) is 24.7 Å². The molecule has 0 radical (unpaired) electrons. The highest BCUT2D eigenvalue weighted by Gasteiger charge is 2.08. The fourth-order valence-corrected chi connectivity index (χ4v) is 1.83. The first-order valence-electron chi connectivity index (χ1n) is 5.71. The summed E-state index contributed by atoms with van der Waals surface area (Å²) in [7, 11) is 0. The number of hydrogen-bond donors (Lipinski definition) is 1. The third kappa shape index (κ3) is 2.55. The third-order valence-electron chi connectivity index (χ3n) is 2.61. The minimum Gasteiger partial charge on any atom is -0.382 e. The Morgan fingerprint density at radius 3 is 3.06 bits per heavy atom. The van der Waals surface area contributed by atoms with Crippen LogP contribution in [-0.4, -0.2) is 22.8 Å². The fourth-order valence-electron chi connectivity index (χ4n) is 1.83. The highest BCUT2D eigenvalue weighted by Crippen LogP contribution is 2.19. The Balaban J connectivity index is 2.18. The third-order valence-corrected chi connectivity index (χ3v) is 2.61. The van der Waals surface area contributed by atoms with Gasteiger partial charge in [-0.2, -0.15) is 0 Å². The van der Waals surface area contributed by atoms with Crippen molar-refractivity contribution in [1.82, 2.24) is 9.55 Å². The predicted octanol–water partition coefficient (Wildman–Crippen LogP) is 2.18. The van der Waals surface area contributed by atoms with E-state index >= 15 is 0 Å². The molecule has 0 saturated carbocycles. The zero-order chi connectivity index (χ0) is 12.3. The lowest BCUT2D eigenvalue weighted by Crippen LogP contribution is -2.06. The molecule has 92 valence electrons. The minimum atomic E-state index is -0.295. The lowest BCUT2D eigenvalue weighted by molar-refractivity contribution is 0.142. The standard InChI is InChI=1S/C12H16FN3O/c1-2-17-7-3-6-16-11-5-4-9(13)8-10(11)15-12(16)14/h4-5,8H,2-3,6-7H2,1H3,(H2,14,15). The fraction of sp³-hybridized carbons (Fsp3) is 0.417. The lowest BCUT2D eigenvalue weighted by atomic mass is 10.3. The van der Waals surface area contributed by atoms with Crippen LogP contribution in [0.4, 0.5) is 10.3 Å². The minimum absolute atomic E-state index is 0.295. The maximum absolute atomic E-state index is 13.0. The molecule has 0 saturated heterocycles. The van der Waals surface area contributed by atoms with Crippen molar-refractivity contribution in [2.75, 3.05) is 18.9 Å². The molecule has 0 spiro atoms. The van der Waals surface area contributed by atoms with Crippen LogP contribution in [0.15, 0.2) is 18.2 Å². The summed E-state index contributed by atoms with van der Waals surface area (Å²) < 4.78 is 20.2. The highest BCUT2D eigenvalue weighted by atomic mass is 19.1. The maximum Gasteiger partial charge on any atom is 0.201 e. The number of imidazole rings is 1. The Morgan fingerprint density at radius 1 is 1.47 bits per heavy atom. The topological polar surface area (TPSA) is 53.1 Å². The monoisotopic (exact) mass is 237 g/mol. The number of rotatable bonds is 5. The summed E-state index contributed by atoms with van der Waals surface area (Å²) in [4.78, 5) is 4.13. The van der Waals surface area contributed by atoms with Gasteiger partial charge in [-0.1, -0.05) is 0 Å². The van der Waals surface area contributed by atoms with Gasteiger partial charge in [-0.05, 0) is 25.5 Å². The molecular weight excluding hydrogens is 221 g/mol. The van der Waals surface area contributed by atoms with E-state index in [9.17, 15) is 4.39 Å². The van der Waals surface area contributed by atoms with Crippen LogP contribution in [0.5, 0.6) is 0 Å². The number of aromatic nitrogens is 2. The van der Waals surface area contributed by atoms with Crippen molar-refractivity contribution in [1.29, 1.82) is 0 Å². The van der Waals surface area contributed by atoms with Crippen molar-refractivity contribution < 1.29 is 9.13 Å². The second-order valence-corrected chi connectivity index (χ2v) is 3.81. The molecule has 4 nitrogen and oxygen atoms in total. The molecule has 0 aliphatic carbocycles. The van der Waals surface area contributed by atoms with Crippen LogP contribution < -0.4 is 5.73 Å². The van der Waals surface area contributed by atoms with E-state index in [1.165, 1.54) is 12.1 Å². The number of hydrogen-bond acceptors (Lipinski definition) is 3. The number of anilines is 1. The van der Waals surface area contributed by atoms with Gasteiger partial charge >= 0.3 is 0 Å². The largest absolute Gasteiger partial charge is 0.382 e. The zero-order valence-corrected chi connectivity index (χ0v) is 9.82. The van der Waals surface area contributed by atoms with Gasteiger partial charge in [0.2, 0.25) is 5.95 Å². The molecular formula is C12H16FN3O. The molecule has 17 heavy (non-hydrogen) atoms. The molecule has 2 rings (SSSR count). The van der Waals surface area contributed by atoms with E-state index in [0.717, 1.165) is 18.5 Å². The summed E-state index contributed by atoms with van der Waals surface area (Å²) in [6, 6.07) is 4.52. The molecule has 0 unspecified atom stereocenters. The number of ether oxygens (including phenoxy) is 1. The van der Waals surface area contributed by atoms with Gasteiger partial charge in [-0.3, -0.25) is 0 Å². The van der Waals surface area contributed by atoms with Crippen LogP contribution in [0, 0.1) is 5.82 Å². The van der Waals surface area contributed by atoms with E-state index in [2.05, 4.69) is 4.98 Å². The molecule has 5 heteroatoms. The molecule has 0 aliphatic rings. The van der Waals surface area contributed by atoms with Crippen LogP contribution in [0.25, 0.3) is 11.0 Å². The van der Waals surface area contributed by atoms with Crippen molar-refractivity contribution in [3.8, 4) is 0 Å². The molecule has 2 N–H and O–H groups in total. The van der Waals surface area contributed by atoms with E-state index < -0.39 is 0 Å². The first kappa shape index (κ1) is 11.9. The summed E-state index contributed by atoms with van der Waals surface area (Å²) in [5.41, 5.74) is 7.26. The van der Waals surface area contributed by atoms with Gasteiger partial charge in [0.15, 0.2) is 0 Å². The van der Waals surface area contributed by atoms with Crippen LogP contribution in [0.2, 0.25) is 0 Å². The first-order valence-corrected chi connectivity index (χ1v) is 5.71. The van der Waals surface area contributed by atoms with Gasteiger partial charge in [0.05, 0.1) is 11.0 Å². The Hall–Kier alpha value is -1.62. The van der Waals surface area contributed by atoms with Gasteiger partial charge in [0.1, 0.15) is 5.82 Å². The van der Waals surface area contributed by atoms with E-state index in [4.69, 9.17) is 10.5 Å². The van der Waals surface area contributed by atoms with Gasteiger partial charge in [0.25, 0.3) is 0 Å². The Bertz CT molecular complexity index is 510. The zero-order valence-electron chi connectivity index (χ0n) is 9.82. The van der Waals surface area contributed by atoms with Crippen LogP contribution >= 0.6 is 0 Å². The van der Waals surface area contributed by atoms with E-state index in [-0.39, 0.29) is 5.82 Å². The van der Waals surface area contributed by atoms with E-state index in [1.807, 2.05) is 11.5 Å². The van der Waals surface area contributed by atoms with Crippen molar-refractivity contribution in [3.63, 3.8) is 0 Å². The molecule has 0 atom stereocenters. The summed E-state index contributed by atoms with van der Waals surface area (Å²) in [6.45, 7) is 4.10. The Labute approximate surface area is 99.2 Å². The normalized spacial score (nSPS) is 11.2. The number of nitrogens with two attached hydrogens (primary N) is 1. The molecule has 0 aliphatic heterocycles. The van der Waals surface area contributed by atoms with Gasteiger partial charge in [-0.15, -0.1) is 0 Å². The molecule has 1 aromatic heterocycles. The van der Waals surface area contributed by atoms with Crippen LogP contribution in [0.3, 0.4) is 0 Å². The molecule has 0 bridgehead atoms. The maximum atomic E-state index is 13.0. The van der Waals surface area contributed by atoms with Crippen LogP contribution in [0.1, 0.15) is 13.3 Å². The van der Waals surface area contributed by atoms with Gasteiger partial charge in [0, 0.05) is 25.8 Å². The van der Waals surface area contributed by atoms with Crippen molar-refractivity contribution in [2.24, 2.45) is 0 Å². The average molecular weight is 237 g/mol. The number of halogens is 1. The average Bonchev–Trinajstić information content (AvgIpc) is 2.60. The molecule has 0 amide bonds. The molecule has 0 fully saturated rings. The van der Waals surface area contributed by atoms with Gasteiger partial charge in [-0.25, -0.2) is 9.37 Å². The van der Waals surface area contributed by atoms with Crippen molar-refractivity contribution in [3.05, 3.63) is 24.0 Å². The lowest BCUT2D eigenvalue weighted by Gasteiger charge is -2.06. The number of aryl methyl sites for hydroxylation is 1. The number of benzene rings is 1. The van der Waals surface area contributed by atoms with E-state index in [1.54, 1.807) is 6.07 Å². The number of fused-ring (bicyclic) bond motifs is 1. The number of nitrogens with zero attached hydrogens (tertiary/aromatic N) is 2. The Kier molecular flexibility index (Phi) is 3.58. The summed E-state index contributed by atoms with van der Waals surface area (Å²) in [5, 5.41) is 0. The summed E-state index contributed by atoms with van der Waals surface area (Å²) in [5.74, 6) is 0.124. The second kappa shape index (κ2) is 5.14. The van der Waals surface area contributed by atoms with Crippen molar-refractivity contribution in [2.45, 2.75) is 19.9 Å². The molecule has 2 aromatic rings. The Morgan fingerprint density at radius 2 is 2.29 bits per heavy atom. The quantitative estimate of drug-likeness (QED) is 0.811. The van der Waals surface area contributed by atoms with Crippen molar-refractivity contribution >= 4 is 17.0 Å². The smallest absolute Gasteiger partial charge is 0.201 e. The van der Waals surface area contributed by atoms with Crippen LogP contribution in [-0.2, 0) is 11.3 Å². The molecule has 1 heterocycles. The number of nitrogen functional groups attached to an aromatic ring is 1.